The maximum Gasteiger partial charge on any atom is 0.348 e. The van der Waals surface area contributed by atoms with Gasteiger partial charge in [-0.1, -0.05) is 0 Å². The summed E-state index contributed by atoms with van der Waals surface area (Å²) in [5, 5.41) is 15.5. The molecule has 7 nitrogen and oxygen atoms in total. The van der Waals surface area contributed by atoms with Crippen LogP contribution in [0.4, 0.5) is 0 Å². The third-order valence-electron chi connectivity index (χ3n) is 3.42. The Labute approximate surface area is 115 Å². The molecule has 0 aliphatic carbocycles. The van der Waals surface area contributed by atoms with E-state index < -0.39 is 5.97 Å². The molecule has 2 N–H and O–H groups in total. The van der Waals surface area contributed by atoms with Crippen LogP contribution in [0.1, 0.15) is 35.5 Å². The van der Waals surface area contributed by atoms with Gasteiger partial charge in [0.05, 0.1) is 18.7 Å². The van der Waals surface area contributed by atoms with Crippen molar-refractivity contribution in [2.24, 2.45) is 0 Å². The molecule has 2 aromatic rings. The number of aliphatic carboxylic acids is 1. The summed E-state index contributed by atoms with van der Waals surface area (Å²) in [5.74, 6) is -0.945. The lowest BCUT2D eigenvalue weighted by Crippen LogP contribution is -2.31. The first-order chi connectivity index (χ1) is 9.41. The third kappa shape index (κ3) is 2.47. The number of aryl methyl sites for hydroxylation is 1. The summed E-state index contributed by atoms with van der Waals surface area (Å²) in [6.07, 6.45) is 3.18. The fourth-order valence-electron chi connectivity index (χ4n) is 2.32. The molecule has 0 radical (unpaired) electrons. The van der Waals surface area contributed by atoms with Gasteiger partial charge in [0, 0.05) is 28.7 Å². The Balaban J connectivity index is 2.58. The summed E-state index contributed by atoms with van der Waals surface area (Å²) < 4.78 is 1.50. The van der Waals surface area contributed by atoms with Crippen molar-refractivity contribution in [2.75, 3.05) is 0 Å². The zero-order valence-electron chi connectivity index (χ0n) is 11.5. The largest absolute Gasteiger partial charge is 0.481 e. The van der Waals surface area contributed by atoms with Crippen molar-refractivity contribution in [1.82, 2.24) is 19.7 Å². The average Bonchev–Trinajstić information content (AvgIpc) is 2.87. The van der Waals surface area contributed by atoms with Gasteiger partial charge in [-0.15, -0.1) is 0 Å². The first-order valence-corrected chi connectivity index (χ1v) is 6.21. The molecular weight excluding hydrogens is 260 g/mol. The van der Waals surface area contributed by atoms with E-state index in [1.165, 1.54) is 4.57 Å². The van der Waals surface area contributed by atoms with E-state index in [0.29, 0.717) is 17.0 Å². The lowest BCUT2D eigenvalue weighted by molar-refractivity contribution is -0.136. The average molecular weight is 276 g/mol. The third-order valence-corrected chi connectivity index (χ3v) is 3.42. The van der Waals surface area contributed by atoms with Crippen molar-refractivity contribution >= 4 is 5.97 Å². The van der Waals surface area contributed by atoms with Crippen molar-refractivity contribution in [3.8, 4) is 0 Å². The number of nitrogens with one attached hydrogen (secondary N) is 1. The Morgan fingerprint density at radius 1 is 1.50 bits per heavy atom. The van der Waals surface area contributed by atoms with Crippen LogP contribution in [0.3, 0.4) is 0 Å². The number of carboxylic acid groups (broad SMARTS) is 1. The van der Waals surface area contributed by atoms with Crippen LogP contribution in [0.25, 0.3) is 0 Å². The first-order valence-electron chi connectivity index (χ1n) is 6.21. The molecule has 0 saturated carbocycles. The van der Waals surface area contributed by atoms with Gasteiger partial charge >= 0.3 is 11.7 Å². The van der Waals surface area contributed by atoms with Crippen LogP contribution >= 0.6 is 0 Å². The van der Waals surface area contributed by atoms with Gasteiger partial charge in [-0.2, -0.15) is 10.1 Å². The summed E-state index contributed by atoms with van der Waals surface area (Å²) in [7, 11) is 0. The Morgan fingerprint density at radius 2 is 2.20 bits per heavy atom. The Hall–Kier alpha value is -2.44. The van der Waals surface area contributed by atoms with Crippen molar-refractivity contribution in [2.45, 2.75) is 33.2 Å². The summed E-state index contributed by atoms with van der Waals surface area (Å²) in [6, 6.07) is -0.262. The predicted molar refractivity (Wildman–Crippen MR) is 71.7 cm³/mol. The highest BCUT2D eigenvalue weighted by molar-refractivity contribution is 5.70. The fourth-order valence-corrected chi connectivity index (χ4v) is 2.32. The van der Waals surface area contributed by atoms with Crippen LogP contribution in [0.5, 0.6) is 0 Å². The van der Waals surface area contributed by atoms with E-state index in [2.05, 4.69) is 15.2 Å². The van der Waals surface area contributed by atoms with Crippen molar-refractivity contribution in [3.05, 3.63) is 45.4 Å². The molecule has 0 amide bonds. The Bertz CT molecular complexity index is 688. The molecule has 20 heavy (non-hydrogen) atoms. The fraction of sp³-hybridized carbons (Fsp3) is 0.385. The summed E-state index contributed by atoms with van der Waals surface area (Å²) in [6.45, 7) is 5.24. The van der Waals surface area contributed by atoms with E-state index in [-0.39, 0.29) is 18.2 Å². The van der Waals surface area contributed by atoms with Crippen LogP contribution in [0.15, 0.2) is 17.2 Å². The van der Waals surface area contributed by atoms with E-state index in [1.807, 2.05) is 6.92 Å². The SMILES string of the molecule is Cc1nc(=O)n(C(C)c2cn[nH]c2)c(C)c1CC(=O)O. The Morgan fingerprint density at radius 3 is 2.75 bits per heavy atom. The highest BCUT2D eigenvalue weighted by atomic mass is 16.4. The number of H-pyrrole nitrogens is 1. The molecule has 1 atom stereocenters. The number of rotatable bonds is 4. The maximum atomic E-state index is 12.1. The maximum absolute atomic E-state index is 12.1. The second-order valence-electron chi connectivity index (χ2n) is 4.69. The zero-order chi connectivity index (χ0) is 14.9. The molecule has 106 valence electrons. The van der Waals surface area contributed by atoms with Gasteiger partial charge in [-0.3, -0.25) is 14.5 Å². The molecule has 2 rings (SSSR count). The van der Waals surface area contributed by atoms with Gasteiger partial charge < -0.3 is 5.11 Å². The standard InChI is InChI=1S/C13H16N4O3/c1-7-11(4-12(18)19)9(3)17(13(20)16-7)8(2)10-5-14-15-6-10/h5-6,8H,4H2,1-3H3,(H,14,15)(H,18,19). The molecular formula is C13H16N4O3. The number of hydrogen-bond acceptors (Lipinski definition) is 4. The quantitative estimate of drug-likeness (QED) is 0.861. The highest BCUT2D eigenvalue weighted by Gasteiger charge is 2.19. The summed E-state index contributed by atoms with van der Waals surface area (Å²) in [5.41, 5.74) is 2.11. The van der Waals surface area contributed by atoms with Gasteiger partial charge in [-0.05, 0) is 20.8 Å². The number of carbonyl (C=O) groups is 1. The van der Waals surface area contributed by atoms with E-state index in [9.17, 15) is 9.59 Å². The number of hydrogen-bond donors (Lipinski definition) is 2. The molecule has 0 spiro atoms. The number of nitrogens with zero attached hydrogens (tertiary/aromatic N) is 3. The summed E-state index contributed by atoms with van der Waals surface area (Å²) >= 11 is 0. The molecule has 7 heteroatoms. The number of aromatic nitrogens is 4. The van der Waals surface area contributed by atoms with Gasteiger partial charge in [-0.25, -0.2) is 4.79 Å². The molecule has 2 aromatic heterocycles. The lowest BCUT2D eigenvalue weighted by atomic mass is 10.1. The molecule has 0 aromatic carbocycles. The topological polar surface area (TPSA) is 101 Å². The molecule has 0 aliphatic rings. The minimum absolute atomic E-state index is 0.150. The molecule has 0 bridgehead atoms. The lowest BCUT2D eigenvalue weighted by Gasteiger charge is -2.19. The zero-order valence-corrected chi connectivity index (χ0v) is 11.5. The highest BCUT2D eigenvalue weighted by Crippen LogP contribution is 2.19. The van der Waals surface area contributed by atoms with Gasteiger partial charge in [0.2, 0.25) is 0 Å². The van der Waals surface area contributed by atoms with E-state index in [4.69, 9.17) is 5.11 Å². The van der Waals surface area contributed by atoms with Gasteiger partial charge in [0.15, 0.2) is 0 Å². The number of aromatic amines is 1. The van der Waals surface area contributed by atoms with Crippen LogP contribution < -0.4 is 5.69 Å². The van der Waals surface area contributed by atoms with Crippen LogP contribution in [0.2, 0.25) is 0 Å². The number of carboxylic acids is 1. The van der Waals surface area contributed by atoms with E-state index in [0.717, 1.165) is 5.56 Å². The van der Waals surface area contributed by atoms with Crippen molar-refractivity contribution in [1.29, 1.82) is 0 Å². The molecule has 0 fully saturated rings. The monoisotopic (exact) mass is 276 g/mol. The normalized spacial score (nSPS) is 12.3. The van der Waals surface area contributed by atoms with Gasteiger partial charge in [0.1, 0.15) is 0 Å². The minimum atomic E-state index is -0.945. The molecule has 1 unspecified atom stereocenters. The molecule has 2 heterocycles. The molecule has 0 aliphatic heterocycles. The van der Waals surface area contributed by atoms with Gasteiger partial charge in [0.25, 0.3) is 0 Å². The summed E-state index contributed by atoms with van der Waals surface area (Å²) in [4.78, 5) is 27.0. The van der Waals surface area contributed by atoms with E-state index in [1.54, 1.807) is 26.2 Å². The van der Waals surface area contributed by atoms with Crippen LogP contribution in [0, 0.1) is 13.8 Å². The van der Waals surface area contributed by atoms with E-state index >= 15 is 0 Å². The molecule has 0 saturated heterocycles. The smallest absolute Gasteiger partial charge is 0.348 e. The minimum Gasteiger partial charge on any atom is -0.481 e. The second kappa shape index (κ2) is 5.28. The Kier molecular flexibility index (Phi) is 3.69. The predicted octanol–water partition coefficient (Wildman–Crippen LogP) is 0.820. The van der Waals surface area contributed by atoms with Crippen LogP contribution in [-0.2, 0) is 11.2 Å². The first kappa shape index (κ1) is 14.0. The van der Waals surface area contributed by atoms with Crippen LogP contribution in [-0.4, -0.2) is 30.8 Å². The van der Waals surface area contributed by atoms with Crippen molar-refractivity contribution in [3.63, 3.8) is 0 Å². The van der Waals surface area contributed by atoms with Crippen molar-refractivity contribution < 1.29 is 9.90 Å². The second-order valence-corrected chi connectivity index (χ2v) is 4.69.